The SMILES string of the molecule is CCNC(=NCCNC(=O)C(C)(C)C)NC1CCN(C(=O)OC)CC1. The molecule has 1 rings (SSSR count). The third kappa shape index (κ3) is 7.62. The average Bonchev–Trinajstić information content (AvgIpc) is 2.57. The fourth-order valence-electron chi connectivity index (χ4n) is 2.45. The van der Waals surface area contributed by atoms with Crippen molar-refractivity contribution in [2.75, 3.05) is 39.8 Å². The van der Waals surface area contributed by atoms with Crippen LogP contribution in [0.1, 0.15) is 40.5 Å². The molecule has 0 bridgehead atoms. The van der Waals surface area contributed by atoms with E-state index in [4.69, 9.17) is 4.74 Å². The minimum Gasteiger partial charge on any atom is -0.453 e. The number of rotatable bonds is 5. The van der Waals surface area contributed by atoms with Gasteiger partial charge in [-0.1, -0.05) is 20.8 Å². The highest BCUT2D eigenvalue weighted by Crippen LogP contribution is 2.12. The van der Waals surface area contributed by atoms with Gasteiger partial charge >= 0.3 is 6.09 Å². The largest absolute Gasteiger partial charge is 0.453 e. The first kappa shape index (κ1) is 21.1. The Bertz CT molecular complexity index is 465. The van der Waals surface area contributed by atoms with E-state index in [0.29, 0.717) is 26.2 Å². The molecule has 0 atom stereocenters. The lowest BCUT2D eigenvalue weighted by molar-refractivity contribution is -0.128. The minimum absolute atomic E-state index is 0.0239. The van der Waals surface area contributed by atoms with Crippen LogP contribution in [0.3, 0.4) is 0 Å². The molecule has 1 saturated heterocycles. The quantitative estimate of drug-likeness (QED) is 0.387. The monoisotopic (exact) mass is 355 g/mol. The summed E-state index contributed by atoms with van der Waals surface area (Å²) in [5, 5.41) is 9.50. The summed E-state index contributed by atoms with van der Waals surface area (Å²) in [7, 11) is 1.40. The van der Waals surface area contributed by atoms with E-state index in [0.717, 1.165) is 25.3 Å². The number of ether oxygens (including phenoxy) is 1. The Balaban J connectivity index is 2.41. The van der Waals surface area contributed by atoms with E-state index in [2.05, 4.69) is 20.9 Å². The first-order chi connectivity index (χ1) is 11.8. The predicted molar refractivity (Wildman–Crippen MR) is 98.6 cm³/mol. The molecular weight excluding hydrogens is 322 g/mol. The van der Waals surface area contributed by atoms with Crippen molar-refractivity contribution in [2.24, 2.45) is 10.4 Å². The van der Waals surface area contributed by atoms with Crippen LogP contribution < -0.4 is 16.0 Å². The number of hydrogen-bond acceptors (Lipinski definition) is 4. The molecule has 144 valence electrons. The zero-order valence-electron chi connectivity index (χ0n) is 16.1. The molecule has 2 amide bonds. The molecule has 0 aromatic carbocycles. The van der Waals surface area contributed by atoms with Crippen LogP contribution in [-0.4, -0.2) is 68.7 Å². The van der Waals surface area contributed by atoms with E-state index in [1.54, 1.807) is 4.90 Å². The van der Waals surface area contributed by atoms with Gasteiger partial charge in [-0.2, -0.15) is 0 Å². The molecule has 3 N–H and O–H groups in total. The van der Waals surface area contributed by atoms with Crippen LogP contribution >= 0.6 is 0 Å². The van der Waals surface area contributed by atoms with E-state index in [9.17, 15) is 9.59 Å². The van der Waals surface area contributed by atoms with Gasteiger partial charge in [-0.25, -0.2) is 4.79 Å². The summed E-state index contributed by atoms with van der Waals surface area (Å²) in [5.41, 5.74) is -0.389. The molecule has 0 spiro atoms. The van der Waals surface area contributed by atoms with Crippen LogP contribution in [0.15, 0.2) is 4.99 Å². The van der Waals surface area contributed by atoms with Crippen molar-refractivity contribution in [1.82, 2.24) is 20.9 Å². The number of carbonyl (C=O) groups is 2. The van der Waals surface area contributed by atoms with Crippen LogP contribution in [0.5, 0.6) is 0 Å². The van der Waals surface area contributed by atoms with Gasteiger partial charge in [0, 0.05) is 37.6 Å². The average molecular weight is 355 g/mol. The van der Waals surface area contributed by atoms with Crippen molar-refractivity contribution in [3.05, 3.63) is 0 Å². The second-order valence-corrected chi connectivity index (χ2v) is 7.14. The number of methoxy groups -OCH3 is 1. The molecule has 0 radical (unpaired) electrons. The molecule has 8 nitrogen and oxygen atoms in total. The third-order valence-corrected chi connectivity index (χ3v) is 3.96. The van der Waals surface area contributed by atoms with Crippen LogP contribution in [0.2, 0.25) is 0 Å². The number of piperidine rings is 1. The van der Waals surface area contributed by atoms with Crippen LogP contribution in [0, 0.1) is 5.41 Å². The van der Waals surface area contributed by atoms with Gasteiger partial charge in [0.05, 0.1) is 13.7 Å². The molecule has 25 heavy (non-hydrogen) atoms. The third-order valence-electron chi connectivity index (χ3n) is 3.96. The summed E-state index contributed by atoms with van der Waals surface area (Å²) in [5.74, 6) is 0.764. The lowest BCUT2D eigenvalue weighted by Gasteiger charge is -2.32. The summed E-state index contributed by atoms with van der Waals surface area (Å²) in [4.78, 5) is 29.6. The highest BCUT2D eigenvalue weighted by molar-refractivity contribution is 5.81. The van der Waals surface area contributed by atoms with Gasteiger partial charge in [0.15, 0.2) is 5.96 Å². The summed E-state index contributed by atoms with van der Waals surface area (Å²) < 4.78 is 4.75. The number of carbonyl (C=O) groups excluding carboxylic acids is 2. The summed E-state index contributed by atoms with van der Waals surface area (Å²) in [6.45, 7) is 10.8. The van der Waals surface area contributed by atoms with Gasteiger partial charge in [-0.3, -0.25) is 9.79 Å². The van der Waals surface area contributed by atoms with E-state index in [-0.39, 0.29) is 23.5 Å². The van der Waals surface area contributed by atoms with Crippen LogP contribution in [0.25, 0.3) is 0 Å². The van der Waals surface area contributed by atoms with Crippen molar-refractivity contribution >= 4 is 18.0 Å². The predicted octanol–water partition coefficient (Wildman–Crippen LogP) is 0.935. The highest BCUT2D eigenvalue weighted by Gasteiger charge is 2.23. The van der Waals surface area contributed by atoms with E-state index in [1.807, 2.05) is 27.7 Å². The van der Waals surface area contributed by atoms with E-state index >= 15 is 0 Å². The minimum atomic E-state index is -0.389. The Morgan fingerprint density at radius 1 is 1.20 bits per heavy atom. The maximum absolute atomic E-state index is 11.8. The van der Waals surface area contributed by atoms with Crippen LogP contribution in [-0.2, 0) is 9.53 Å². The zero-order chi connectivity index (χ0) is 18.9. The molecule has 1 aliphatic heterocycles. The maximum Gasteiger partial charge on any atom is 0.409 e. The standard InChI is InChI=1S/C17H33N5O3/c1-6-18-15(20-10-9-19-14(23)17(2,3)4)21-13-7-11-22(12-8-13)16(24)25-5/h13H,6-12H2,1-5H3,(H,19,23)(H2,18,20,21). The Labute approximate surface area is 150 Å². The number of amides is 2. The molecule has 1 heterocycles. The van der Waals surface area contributed by atoms with Gasteiger partial charge in [0.2, 0.25) is 5.91 Å². The smallest absolute Gasteiger partial charge is 0.409 e. The van der Waals surface area contributed by atoms with Gasteiger partial charge in [-0.05, 0) is 19.8 Å². The van der Waals surface area contributed by atoms with Gasteiger partial charge in [0.1, 0.15) is 0 Å². The highest BCUT2D eigenvalue weighted by atomic mass is 16.5. The Morgan fingerprint density at radius 2 is 1.84 bits per heavy atom. The molecule has 0 aromatic rings. The van der Waals surface area contributed by atoms with Gasteiger partial charge in [0.25, 0.3) is 0 Å². The van der Waals surface area contributed by atoms with Crippen LogP contribution in [0.4, 0.5) is 4.79 Å². The summed E-state index contributed by atoms with van der Waals surface area (Å²) >= 11 is 0. The molecule has 0 aliphatic carbocycles. The van der Waals surface area contributed by atoms with Crippen molar-refractivity contribution in [1.29, 1.82) is 0 Å². The Hall–Kier alpha value is -1.99. The molecule has 1 aliphatic rings. The zero-order valence-corrected chi connectivity index (χ0v) is 16.1. The number of hydrogen-bond donors (Lipinski definition) is 3. The summed E-state index contributed by atoms with van der Waals surface area (Å²) in [6, 6.07) is 0.267. The first-order valence-corrected chi connectivity index (χ1v) is 8.94. The maximum atomic E-state index is 11.8. The first-order valence-electron chi connectivity index (χ1n) is 8.94. The molecule has 0 saturated carbocycles. The van der Waals surface area contributed by atoms with Crippen molar-refractivity contribution in [3.8, 4) is 0 Å². The van der Waals surface area contributed by atoms with Crippen molar-refractivity contribution in [3.63, 3.8) is 0 Å². The fraction of sp³-hybridized carbons (Fsp3) is 0.824. The van der Waals surface area contributed by atoms with Crippen molar-refractivity contribution in [2.45, 2.75) is 46.6 Å². The lowest BCUT2D eigenvalue weighted by Crippen LogP contribution is -2.50. The number of nitrogens with zero attached hydrogens (tertiary/aromatic N) is 2. The van der Waals surface area contributed by atoms with Gasteiger partial charge < -0.3 is 25.6 Å². The normalized spacial score (nSPS) is 16.4. The number of nitrogens with one attached hydrogen (secondary N) is 3. The Morgan fingerprint density at radius 3 is 2.36 bits per heavy atom. The summed E-state index contributed by atoms with van der Waals surface area (Å²) in [6.07, 6.45) is 1.43. The second-order valence-electron chi connectivity index (χ2n) is 7.14. The number of likely N-dealkylation sites (tertiary alicyclic amines) is 1. The molecular formula is C17H33N5O3. The van der Waals surface area contributed by atoms with E-state index < -0.39 is 0 Å². The Kier molecular flexibility index (Phi) is 8.51. The topological polar surface area (TPSA) is 95.1 Å². The van der Waals surface area contributed by atoms with Gasteiger partial charge in [-0.15, -0.1) is 0 Å². The molecule has 0 aromatic heterocycles. The van der Waals surface area contributed by atoms with E-state index in [1.165, 1.54) is 7.11 Å². The fourth-order valence-corrected chi connectivity index (χ4v) is 2.45. The van der Waals surface area contributed by atoms with Crippen molar-refractivity contribution < 1.29 is 14.3 Å². The second kappa shape index (κ2) is 10.1. The molecule has 8 heteroatoms. The number of guanidine groups is 1. The molecule has 1 fully saturated rings. The molecule has 0 unspecified atom stereocenters. The number of aliphatic imine (C=N–C) groups is 1. The lowest BCUT2D eigenvalue weighted by atomic mass is 9.96.